The zero-order valence-electron chi connectivity index (χ0n) is 15.8. The summed E-state index contributed by atoms with van der Waals surface area (Å²) in [6.07, 6.45) is 1.31. The predicted molar refractivity (Wildman–Crippen MR) is 103 cm³/mol. The second-order valence-corrected chi connectivity index (χ2v) is 8.14. The van der Waals surface area contributed by atoms with Crippen molar-refractivity contribution in [1.82, 2.24) is 20.5 Å². The van der Waals surface area contributed by atoms with Crippen molar-refractivity contribution in [3.63, 3.8) is 0 Å². The fourth-order valence-electron chi connectivity index (χ4n) is 2.62. The first kappa shape index (κ1) is 21.5. The number of carbonyl (C=O) groups excluding carboxylic acids is 3. The van der Waals surface area contributed by atoms with Crippen LogP contribution in [0.2, 0.25) is 0 Å². The SMILES string of the molecule is O=C(CNC(=O)c1ccc(S(=O)(=O)N2CCOCC2)cc1)NNC(=O)c1ccco1. The molecule has 1 aliphatic heterocycles. The smallest absolute Gasteiger partial charge is 0.305 e. The highest BCUT2D eigenvalue weighted by Crippen LogP contribution is 2.17. The number of furan rings is 1. The van der Waals surface area contributed by atoms with Gasteiger partial charge < -0.3 is 14.5 Å². The molecule has 1 fully saturated rings. The third kappa shape index (κ3) is 5.23. The predicted octanol–water partition coefficient (Wildman–Crippen LogP) is -0.508. The van der Waals surface area contributed by atoms with Crippen LogP contribution in [-0.4, -0.2) is 63.3 Å². The average Bonchev–Trinajstić information content (AvgIpc) is 3.31. The van der Waals surface area contributed by atoms with Gasteiger partial charge in [0.1, 0.15) is 0 Å². The van der Waals surface area contributed by atoms with Gasteiger partial charge in [-0.2, -0.15) is 4.31 Å². The molecule has 3 rings (SSSR count). The van der Waals surface area contributed by atoms with Gasteiger partial charge in [-0.3, -0.25) is 25.2 Å². The van der Waals surface area contributed by atoms with Crippen LogP contribution in [-0.2, 0) is 19.6 Å². The Morgan fingerprint density at radius 1 is 0.967 bits per heavy atom. The number of ether oxygens (including phenoxy) is 1. The molecular formula is C18H20N4O7S. The zero-order chi connectivity index (χ0) is 21.6. The summed E-state index contributed by atoms with van der Waals surface area (Å²) >= 11 is 0. The van der Waals surface area contributed by atoms with Crippen molar-refractivity contribution in [2.75, 3.05) is 32.8 Å². The van der Waals surface area contributed by atoms with E-state index in [9.17, 15) is 22.8 Å². The van der Waals surface area contributed by atoms with Gasteiger partial charge in [-0.15, -0.1) is 0 Å². The van der Waals surface area contributed by atoms with Crippen LogP contribution < -0.4 is 16.2 Å². The fourth-order valence-corrected chi connectivity index (χ4v) is 4.02. The summed E-state index contributed by atoms with van der Waals surface area (Å²) in [6, 6.07) is 8.34. The maximum atomic E-state index is 12.6. The monoisotopic (exact) mass is 436 g/mol. The number of nitrogens with one attached hydrogen (secondary N) is 3. The summed E-state index contributed by atoms with van der Waals surface area (Å²) in [5.41, 5.74) is 4.46. The van der Waals surface area contributed by atoms with Crippen molar-refractivity contribution in [3.05, 3.63) is 54.0 Å². The summed E-state index contributed by atoms with van der Waals surface area (Å²) < 4.78 is 36.5. The molecule has 1 aromatic carbocycles. The van der Waals surface area contributed by atoms with Crippen molar-refractivity contribution in [2.24, 2.45) is 0 Å². The highest BCUT2D eigenvalue weighted by atomic mass is 32.2. The molecule has 0 aliphatic carbocycles. The molecule has 1 saturated heterocycles. The van der Waals surface area contributed by atoms with Crippen LogP contribution in [0.5, 0.6) is 0 Å². The van der Waals surface area contributed by atoms with Gasteiger partial charge in [0.05, 0.1) is 30.9 Å². The molecule has 3 N–H and O–H groups in total. The molecule has 0 spiro atoms. The van der Waals surface area contributed by atoms with Crippen LogP contribution in [0.15, 0.2) is 52.0 Å². The highest BCUT2D eigenvalue weighted by molar-refractivity contribution is 7.89. The van der Waals surface area contributed by atoms with E-state index in [-0.39, 0.29) is 29.3 Å². The molecule has 30 heavy (non-hydrogen) atoms. The molecule has 2 heterocycles. The summed E-state index contributed by atoms with van der Waals surface area (Å²) in [6.45, 7) is 0.824. The Hall–Kier alpha value is -3.22. The van der Waals surface area contributed by atoms with Crippen LogP contribution in [0, 0.1) is 0 Å². The Balaban J connectivity index is 1.49. The number of amides is 3. The second kappa shape index (κ2) is 9.52. The Morgan fingerprint density at radius 3 is 2.30 bits per heavy atom. The van der Waals surface area contributed by atoms with E-state index in [0.29, 0.717) is 13.2 Å². The number of carbonyl (C=O) groups is 3. The quantitative estimate of drug-likeness (QED) is 0.517. The summed E-state index contributed by atoms with van der Waals surface area (Å²) in [5.74, 6) is -1.85. The van der Waals surface area contributed by atoms with E-state index < -0.39 is 34.3 Å². The Morgan fingerprint density at radius 2 is 1.67 bits per heavy atom. The van der Waals surface area contributed by atoms with Gasteiger partial charge in [-0.25, -0.2) is 8.42 Å². The van der Waals surface area contributed by atoms with E-state index in [1.807, 2.05) is 0 Å². The summed E-state index contributed by atoms with van der Waals surface area (Å²) in [7, 11) is -3.65. The van der Waals surface area contributed by atoms with Gasteiger partial charge in [-0.05, 0) is 36.4 Å². The minimum Gasteiger partial charge on any atom is -0.459 e. The van der Waals surface area contributed by atoms with Crippen LogP contribution >= 0.6 is 0 Å². The van der Waals surface area contributed by atoms with E-state index in [2.05, 4.69) is 16.2 Å². The number of benzene rings is 1. The van der Waals surface area contributed by atoms with E-state index >= 15 is 0 Å². The van der Waals surface area contributed by atoms with Crippen molar-refractivity contribution in [1.29, 1.82) is 0 Å². The standard InChI is InChI=1S/C18H20N4O7S/c23-16(20-21-18(25)15-2-1-9-29-15)12-19-17(24)13-3-5-14(6-4-13)30(26,27)22-7-10-28-11-8-22/h1-6,9H,7-8,10-12H2,(H,19,24)(H,20,23)(H,21,25). The Bertz CT molecular complexity index is 998. The molecule has 0 radical (unpaired) electrons. The molecule has 11 nitrogen and oxygen atoms in total. The average molecular weight is 436 g/mol. The van der Waals surface area contributed by atoms with Crippen LogP contribution in [0.3, 0.4) is 0 Å². The van der Waals surface area contributed by atoms with Gasteiger partial charge in [0, 0.05) is 18.7 Å². The Kier molecular flexibility index (Phi) is 6.82. The number of sulfonamides is 1. The first-order valence-electron chi connectivity index (χ1n) is 8.97. The molecule has 0 atom stereocenters. The lowest BCUT2D eigenvalue weighted by atomic mass is 10.2. The molecule has 12 heteroatoms. The first-order valence-corrected chi connectivity index (χ1v) is 10.4. The van der Waals surface area contributed by atoms with Gasteiger partial charge in [0.15, 0.2) is 5.76 Å². The molecule has 2 aromatic rings. The number of nitrogens with zero attached hydrogens (tertiary/aromatic N) is 1. The van der Waals surface area contributed by atoms with Gasteiger partial charge in [-0.1, -0.05) is 0 Å². The maximum Gasteiger partial charge on any atom is 0.305 e. The topological polar surface area (TPSA) is 147 Å². The number of hydrogen-bond donors (Lipinski definition) is 3. The van der Waals surface area contributed by atoms with E-state index in [0.717, 1.165) is 0 Å². The van der Waals surface area contributed by atoms with Gasteiger partial charge in [0.2, 0.25) is 10.0 Å². The van der Waals surface area contributed by atoms with Crippen LogP contribution in [0.25, 0.3) is 0 Å². The van der Waals surface area contributed by atoms with Crippen LogP contribution in [0.1, 0.15) is 20.9 Å². The normalized spacial score (nSPS) is 14.7. The molecular weight excluding hydrogens is 416 g/mol. The largest absolute Gasteiger partial charge is 0.459 e. The van der Waals surface area contributed by atoms with E-state index in [4.69, 9.17) is 9.15 Å². The minimum absolute atomic E-state index is 0.0199. The first-order chi connectivity index (χ1) is 14.4. The highest BCUT2D eigenvalue weighted by Gasteiger charge is 2.26. The number of hydrazine groups is 1. The molecule has 3 amide bonds. The minimum atomic E-state index is -3.65. The van der Waals surface area contributed by atoms with Crippen molar-refractivity contribution < 1.29 is 32.0 Å². The third-order valence-corrected chi connectivity index (χ3v) is 6.11. The summed E-state index contributed by atoms with van der Waals surface area (Å²) in [4.78, 5) is 35.6. The number of morpholine rings is 1. The third-order valence-electron chi connectivity index (χ3n) is 4.19. The second-order valence-electron chi connectivity index (χ2n) is 6.20. The van der Waals surface area contributed by atoms with Crippen LogP contribution in [0.4, 0.5) is 0 Å². The fraction of sp³-hybridized carbons (Fsp3) is 0.278. The molecule has 0 unspecified atom stereocenters. The molecule has 1 aliphatic rings. The summed E-state index contributed by atoms with van der Waals surface area (Å²) in [5, 5.41) is 2.38. The molecule has 0 saturated carbocycles. The van der Waals surface area contributed by atoms with E-state index in [1.54, 1.807) is 0 Å². The lowest BCUT2D eigenvalue weighted by Crippen LogP contribution is -2.46. The lowest BCUT2D eigenvalue weighted by Gasteiger charge is -2.26. The lowest BCUT2D eigenvalue weighted by molar-refractivity contribution is -0.120. The van der Waals surface area contributed by atoms with E-state index in [1.165, 1.54) is 47.0 Å². The Labute approximate surface area is 172 Å². The number of hydrogen-bond acceptors (Lipinski definition) is 7. The van der Waals surface area contributed by atoms with Crippen molar-refractivity contribution in [2.45, 2.75) is 4.90 Å². The van der Waals surface area contributed by atoms with Gasteiger partial charge in [0.25, 0.3) is 11.8 Å². The molecule has 1 aromatic heterocycles. The van der Waals surface area contributed by atoms with Crippen molar-refractivity contribution in [3.8, 4) is 0 Å². The molecule has 0 bridgehead atoms. The maximum absolute atomic E-state index is 12.6. The zero-order valence-corrected chi connectivity index (χ0v) is 16.6. The molecule has 160 valence electrons. The number of rotatable bonds is 6. The van der Waals surface area contributed by atoms with Crippen molar-refractivity contribution >= 4 is 27.7 Å². The van der Waals surface area contributed by atoms with Gasteiger partial charge >= 0.3 is 5.91 Å².